The minimum Gasteiger partial charge on any atom is -0.228 e. The summed E-state index contributed by atoms with van der Waals surface area (Å²) in [5.74, 6) is 0.696. The van der Waals surface area contributed by atoms with Crippen LogP contribution in [0.25, 0.3) is 109 Å². The summed E-state index contributed by atoms with van der Waals surface area (Å²) in [5.41, 5.74) is 10.8. The number of nitrogens with zero attached hydrogens (tertiary/aromatic N) is 2. The fourth-order valence-electron chi connectivity index (χ4n) is 8.21. The number of fused-ring (bicyclic) bond motifs is 5. The molecule has 0 spiro atoms. The Hall–Kier alpha value is -7.20. The topological polar surface area (TPSA) is 25.8 Å². The predicted octanol–water partition coefficient (Wildman–Crippen LogP) is 15.2. The van der Waals surface area contributed by atoms with E-state index in [-0.39, 0.29) is 0 Å². The molecule has 0 saturated heterocycles. The molecule has 0 aliphatic rings. The molecule has 3 heteroatoms. The minimum atomic E-state index is 0.696. The number of aromatic nitrogens is 2. The van der Waals surface area contributed by atoms with Gasteiger partial charge in [0.05, 0.1) is 11.4 Å². The minimum absolute atomic E-state index is 0.696. The number of benzene rings is 9. The van der Waals surface area contributed by atoms with E-state index >= 15 is 0 Å². The highest BCUT2D eigenvalue weighted by Crippen LogP contribution is 2.40. The third-order valence-corrected chi connectivity index (χ3v) is 12.2. The first-order valence-electron chi connectivity index (χ1n) is 19.3. The molecular formula is C54H34N2S. The van der Waals surface area contributed by atoms with Crippen molar-refractivity contribution >= 4 is 53.7 Å². The molecule has 9 aromatic carbocycles. The van der Waals surface area contributed by atoms with E-state index in [0.717, 1.165) is 33.6 Å². The molecule has 266 valence electrons. The van der Waals surface area contributed by atoms with Crippen LogP contribution in [0.4, 0.5) is 0 Å². The normalized spacial score (nSPS) is 11.5. The quantitative estimate of drug-likeness (QED) is 0.125. The maximum absolute atomic E-state index is 5.25. The van der Waals surface area contributed by atoms with E-state index in [1.54, 1.807) is 0 Å². The van der Waals surface area contributed by atoms with Gasteiger partial charge in [0.25, 0.3) is 0 Å². The van der Waals surface area contributed by atoms with Crippen molar-refractivity contribution in [1.82, 2.24) is 9.97 Å². The van der Waals surface area contributed by atoms with Crippen molar-refractivity contribution in [2.45, 2.75) is 0 Å². The van der Waals surface area contributed by atoms with Gasteiger partial charge in [-0.3, -0.25) is 0 Å². The van der Waals surface area contributed by atoms with Gasteiger partial charge in [-0.05, 0) is 95.9 Å². The lowest BCUT2D eigenvalue weighted by Gasteiger charge is -2.15. The summed E-state index contributed by atoms with van der Waals surface area (Å²) < 4.78 is 1.30. The van der Waals surface area contributed by atoms with Crippen molar-refractivity contribution in [2.24, 2.45) is 0 Å². The first-order valence-corrected chi connectivity index (χ1v) is 20.1. The van der Waals surface area contributed by atoms with Crippen molar-refractivity contribution in [1.29, 1.82) is 0 Å². The van der Waals surface area contributed by atoms with Crippen LogP contribution in [0.1, 0.15) is 0 Å². The van der Waals surface area contributed by atoms with Crippen LogP contribution in [0, 0.1) is 0 Å². The van der Waals surface area contributed by atoms with Crippen molar-refractivity contribution in [2.75, 3.05) is 0 Å². The SMILES string of the molecule is c1ccc(-c2cccc(-c3cc(-c4ccc(-c5cc6ccccc6s5)cc4)nc(-c4ccc(-c5c6ccccc6cc6c5ccc5ccccc56)cc4)n3)c2)cc1. The van der Waals surface area contributed by atoms with Crippen LogP contribution < -0.4 is 0 Å². The van der Waals surface area contributed by atoms with Gasteiger partial charge in [-0.1, -0.05) is 176 Å². The maximum Gasteiger partial charge on any atom is 0.160 e. The van der Waals surface area contributed by atoms with Crippen LogP contribution in [0.2, 0.25) is 0 Å². The lowest BCUT2D eigenvalue weighted by molar-refractivity contribution is 1.18. The van der Waals surface area contributed by atoms with Crippen molar-refractivity contribution in [3.63, 3.8) is 0 Å². The van der Waals surface area contributed by atoms with Crippen molar-refractivity contribution in [3.8, 4) is 66.6 Å². The van der Waals surface area contributed by atoms with Crippen LogP contribution in [0.5, 0.6) is 0 Å². The molecule has 2 heterocycles. The molecule has 0 fully saturated rings. The number of rotatable bonds is 6. The Morgan fingerprint density at radius 2 is 0.912 bits per heavy atom. The zero-order chi connectivity index (χ0) is 37.7. The summed E-state index contributed by atoms with van der Waals surface area (Å²) in [5, 5.41) is 8.78. The van der Waals surface area contributed by atoms with E-state index in [1.807, 2.05) is 11.3 Å². The second kappa shape index (κ2) is 13.8. The van der Waals surface area contributed by atoms with Gasteiger partial charge >= 0.3 is 0 Å². The van der Waals surface area contributed by atoms with Crippen LogP contribution in [-0.2, 0) is 0 Å². The predicted molar refractivity (Wildman–Crippen MR) is 243 cm³/mol. The standard InChI is InChI=1S/C54H34N2S/c1-2-11-35(12-3-1)41-16-10-17-43(31-41)50-34-49(37-21-23-38(24-22-37)52-33-44-15-6-9-20-51(44)57-52)55-54(56-50)40-27-25-39(26-28-40)53-46-19-8-5-14-42(46)32-48-45-18-7-4-13-36(45)29-30-47(48)53/h1-34H. The average Bonchev–Trinajstić information content (AvgIpc) is 3.73. The summed E-state index contributed by atoms with van der Waals surface area (Å²) in [4.78, 5) is 11.8. The van der Waals surface area contributed by atoms with Gasteiger partial charge in [0.15, 0.2) is 5.82 Å². The number of thiophene rings is 1. The lowest BCUT2D eigenvalue weighted by atomic mass is 9.89. The smallest absolute Gasteiger partial charge is 0.160 e. The Morgan fingerprint density at radius 1 is 0.298 bits per heavy atom. The zero-order valence-electron chi connectivity index (χ0n) is 30.9. The van der Waals surface area contributed by atoms with Crippen LogP contribution in [0.3, 0.4) is 0 Å². The van der Waals surface area contributed by atoms with Gasteiger partial charge in [-0.2, -0.15) is 0 Å². The largest absolute Gasteiger partial charge is 0.228 e. The van der Waals surface area contributed by atoms with Gasteiger partial charge in [0.1, 0.15) is 0 Å². The van der Waals surface area contributed by atoms with E-state index in [2.05, 4.69) is 206 Å². The molecule has 11 aromatic rings. The molecular weight excluding hydrogens is 709 g/mol. The molecule has 0 radical (unpaired) electrons. The van der Waals surface area contributed by atoms with Crippen LogP contribution in [0.15, 0.2) is 206 Å². The fraction of sp³-hybridized carbons (Fsp3) is 0. The van der Waals surface area contributed by atoms with E-state index < -0.39 is 0 Å². The van der Waals surface area contributed by atoms with E-state index in [9.17, 15) is 0 Å². The Kier molecular flexibility index (Phi) is 8.04. The molecule has 2 nitrogen and oxygen atoms in total. The Labute approximate surface area is 335 Å². The third-order valence-electron chi connectivity index (χ3n) is 11.1. The highest BCUT2D eigenvalue weighted by Gasteiger charge is 2.15. The first kappa shape index (κ1) is 33.2. The van der Waals surface area contributed by atoms with Gasteiger partial charge in [0.2, 0.25) is 0 Å². The molecule has 0 saturated carbocycles. The van der Waals surface area contributed by atoms with E-state index in [1.165, 1.54) is 69.5 Å². The van der Waals surface area contributed by atoms with Gasteiger partial charge in [-0.15, -0.1) is 11.3 Å². The van der Waals surface area contributed by atoms with Crippen LogP contribution in [-0.4, -0.2) is 9.97 Å². The van der Waals surface area contributed by atoms with E-state index in [4.69, 9.17) is 9.97 Å². The summed E-state index contributed by atoms with van der Waals surface area (Å²) in [6.45, 7) is 0. The highest BCUT2D eigenvalue weighted by molar-refractivity contribution is 7.22. The Balaban J connectivity index is 1.03. The molecule has 0 unspecified atom stereocenters. The van der Waals surface area contributed by atoms with Gasteiger partial charge in [0, 0.05) is 26.3 Å². The third kappa shape index (κ3) is 6.06. The maximum atomic E-state index is 5.25. The van der Waals surface area contributed by atoms with Gasteiger partial charge < -0.3 is 0 Å². The molecule has 11 rings (SSSR count). The summed E-state index contributed by atoms with van der Waals surface area (Å²) in [6.07, 6.45) is 0. The molecule has 2 aromatic heterocycles. The fourth-order valence-corrected chi connectivity index (χ4v) is 9.28. The average molecular weight is 743 g/mol. The summed E-state index contributed by atoms with van der Waals surface area (Å²) in [7, 11) is 0. The van der Waals surface area contributed by atoms with E-state index in [0.29, 0.717) is 5.82 Å². The monoisotopic (exact) mass is 742 g/mol. The molecule has 0 aliphatic heterocycles. The Morgan fingerprint density at radius 3 is 1.72 bits per heavy atom. The van der Waals surface area contributed by atoms with Crippen molar-refractivity contribution in [3.05, 3.63) is 206 Å². The summed E-state index contributed by atoms with van der Waals surface area (Å²) in [6, 6.07) is 74.0. The molecule has 0 atom stereocenters. The second-order valence-corrected chi connectivity index (χ2v) is 15.7. The lowest BCUT2D eigenvalue weighted by Crippen LogP contribution is -1.96. The van der Waals surface area contributed by atoms with Crippen LogP contribution >= 0.6 is 11.3 Å². The number of hydrogen-bond donors (Lipinski definition) is 0. The first-order chi connectivity index (χ1) is 28.2. The number of hydrogen-bond acceptors (Lipinski definition) is 3. The molecule has 0 amide bonds. The molecule has 0 bridgehead atoms. The van der Waals surface area contributed by atoms with Crippen molar-refractivity contribution < 1.29 is 0 Å². The molecule has 0 N–H and O–H groups in total. The Bertz CT molecular complexity index is 3240. The van der Waals surface area contributed by atoms with Gasteiger partial charge in [-0.25, -0.2) is 9.97 Å². The second-order valence-electron chi connectivity index (χ2n) is 14.6. The molecule has 0 aliphatic carbocycles. The highest BCUT2D eigenvalue weighted by atomic mass is 32.1. The molecule has 57 heavy (non-hydrogen) atoms. The zero-order valence-corrected chi connectivity index (χ0v) is 31.7. The summed E-state index contributed by atoms with van der Waals surface area (Å²) >= 11 is 1.83.